The van der Waals surface area contributed by atoms with Crippen LogP contribution in [0.1, 0.15) is 32.1 Å². The third-order valence-corrected chi connectivity index (χ3v) is 4.92. The maximum atomic E-state index is 13.6. The summed E-state index contributed by atoms with van der Waals surface area (Å²) in [6.45, 7) is 4.77. The van der Waals surface area contributed by atoms with Crippen LogP contribution in [0.5, 0.6) is 0 Å². The lowest BCUT2D eigenvalue weighted by atomic mass is 9.82. The van der Waals surface area contributed by atoms with Gasteiger partial charge in [0.15, 0.2) is 0 Å². The highest BCUT2D eigenvalue weighted by molar-refractivity contribution is 5.89. The number of carbonyl (C=O) groups is 1. The van der Waals surface area contributed by atoms with Crippen LogP contribution >= 0.6 is 0 Å². The first-order valence-electron chi connectivity index (χ1n) is 8.36. The van der Waals surface area contributed by atoms with Gasteiger partial charge in [0.05, 0.1) is 5.69 Å². The van der Waals surface area contributed by atoms with E-state index in [1.807, 2.05) is 6.08 Å². The lowest BCUT2D eigenvalue weighted by molar-refractivity contribution is 0.0375. The van der Waals surface area contributed by atoms with E-state index < -0.39 is 5.82 Å². The number of fused-ring (bicyclic) bond motifs is 2. The Morgan fingerprint density at radius 2 is 2.00 bits per heavy atom. The SMILES string of the molecule is C=CCN1[C@@H]2CCC[C@H]1CC(NC(=O)Nc1ccccc1F)C2. The molecule has 23 heavy (non-hydrogen) atoms. The van der Waals surface area contributed by atoms with E-state index in [4.69, 9.17) is 0 Å². The first-order chi connectivity index (χ1) is 11.2. The van der Waals surface area contributed by atoms with Crippen molar-refractivity contribution in [2.45, 2.75) is 50.2 Å². The van der Waals surface area contributed by atoms with Crippen LogP contribution in [0.25, 0.3) is 0 Å². The summed E-state index contributed by atoms with van der Waals surface area (Å²) in [5.74, 6) is -0.416. The minimum Gasteiger partial charge on any atom is -0.335 e. The highest BCUT2D eigenvalue weighted by Gasteiger charge is 2.37. The molecule has 2 fully saturated rings. The first-order valence-corrected chi connectivity index (χ1v) is 8.36. The molecular formula is C18H24FN3O. The fourth-order valence-corrected chi connectivity index (χ4v) is 3.95. The third-order valence-electron chi connectivity index (χ3n) is 4.92. The molecule has 0 saturated carbocycles. The predicted molar refractivity (Wildman–Crippen MR) is 89.9 cm³/mol. The molecule has 2 bridgehead atoms. The molecule has 1 aromatic rings. The first kappa shape index (κ1) is 16.0. The van der Waals surface area contributed by atoms with Gasteiger partial charge in [-0.3, -0.25) is 4.90 Å². The molecule has 0 radical (unpaired) electrons. The highest BCUT2D eigenvalue weighted by atomic mass is 19.1. The number of hydrogen-bond acceptors (Lipinski definition) is 2. The zero-order valence-electron chi connectivity index (χ0n) is 13.3. The number of rotatable bonds is 4. The number of hydrogen-bond donors (Lipinski definition) is 2. The maximum absolute atomic E-state index is 13.6. The zero-order valence-corrected chi connectivity index (χ0v) is 13.3. The summed E-state index contributed by atoms with van der Waals surface area (Å²) >= 11 is 0. The molecule has 1 aromatic carbocycles. The van der Waals surface area contributed by atoms with Crippen molar-refractivity contribution >= 4 is 11.7 Å². The molecule has 0 spiro atoms. The number of carbonyl (C=O) groups excluding carboxylic acids is 1. The molecule has 2 amide bonds. The Morgan fingerprint density at radius 1 is 1.30 bits per heavy atom. The number of piperidine rings is 2. The molecular weight excluding hydrogens is 293 g/mol. The van der Waals surface area contributed by atoms with Gasteiger partial charge < -0.3 is 10.6 Å². The number of amides is 2. The summed E-state index contributed by atoms with van der Waals surface area (Å²) in [5.41, 5.74) is 0.217. The molecule has 2 heterocycles. The number of para-hydroxylation sites is 1. The maximum Gasteiger partial charge on any atom is 0.319 e. The standard InChI is InChI=1S/C18H24FN3O/c1-2-10-22-14-6-5-7-15(22)12-13(11-14)20-18(23)21-17-9-4-3-8-16(17)19/h2-4,8-9,13-15H,1,5-7,10-12H2,(H2,20,21,23)/t13?,14-,15+. The molecule has 4 nitrogen and oxygen atoms in total. The topological polar surface area (TPSA) is 44.4 Å². The fraction of sp³-hybridized carbons (Fsp3) is 0.500. The van der Waals surface area contributed by atoms with Crippen LogP contribution in [0, 0.1) is 5.82 Å². The summed E-state index contributed by atoms with van der Waals surface area (Å²) < 4.78 is 13.6. The van der Waals surface area contributed by atoms with Crippen molar-refractivity contribution in [3.05, 3.63) is 42.7 Å². The average Bonchev–Trinajstić information content (AvgIpc) is 2.50. The number of nitrogens with zero attached hydrogens (tertiary/aromatic N) is 1. The highest BCUT2D eigenvalue weighted by Crippen LogP contribution is 2.33. The van der Waals surface area contributed by atoms with Crippen molar-refractivity contribution in [1.82, 2.24) is 10.2 Å². The number of halogens is 1. The van der Waals surface area contributed by atoms with Crippen LogP contribution in [0.15, 0.2) is 36.9 Å². The van der Waals surface area contributed by atoms with Crippen molar-refractivity contribution in [1.29, 1.82) is 0 Å². The van der Waals surface area contributed by atoms with Gasteiger partial charge >= 0.3 is 6.03 Å². The largest absolute Gasteiger partial charge is 0.335 e. The van der Waals surface area contributed by atoms with Crippen LogP contribution in [-0.2, 0) is 0 Å². The quantitative estimate of drug-likeness (QED) is 0.835. The summed E-state index contributed by atoms with van der Waals surface area (Å²) in [6, 6.07) is 7.07. The Balaban J connectivity index is 1.58. The summed E-state index contributed by atoms with van der Waals surface area (Å²) in [6.07, 6.45) is 7.49. The Morgan fingerprint density at radius 3 is 2.65 bits per heavy atom. The van der Waals surface area contributed by atoms with E-state index in [0.717, 1.165) is 19.4 Å². The molecule has 2 aliphatic rings. The van der Waals surface area contributed by atoms with Gasteiger partial charge in [-0.1, -0.05) is 24.6 Å². The van der Waals surface area contributed by atoms with Crippen LogP contribution in [0.4, 0.5) is 14.9 Å². The van der Waals surface area contributed by atoms with Gasteiger partial charge in [0.1, 0.15) is 5.82 Å². The number of anilines is 1. The molecule has 0 aromatic heterocycles. The second kappa shape index (κ2) is 7.13. The third kappa shape index (κ3) is 3.72. The van der Waals surface area contributed by atoms with E-state index >= 15 is 0 Å². The second-order valence-corrected chi connectivity index (χ2v) is 6.47. The molecule has 1 unspecified atom stereocenters. The van der Waals surface area contributed by atoms with Crippen molar-refractivity contribution in [3.8, 4) is 0 Å². The van der Waals surface area contributed by atoms with Crippen LogP contribution in [-0.4, -0.2) is 35.6 Å². The Bertz CT molecular complexity index is 563. The number of urea groups is 1. The van der Waals surface area contributed by atoms with Crippen LogP contribution < -0.4 is 10.6 Å². The second-order valence-electron chi connectivity index (χ2n) is 6.47. The fourth-order valence-electron chi connectivity index (χ4n) is 3.95. The Hall–Kier alpha value is -1.88. The molecule has 124 valence electrons. The summed E-state index contributed by atoms with van der Waals surface area (Å²) in [4.78, 5) is 14.7. The van der Waals surface area contributed by atoms with Crippen molar-refractivity contribution < 1.29 is 9.18 Å². The average molecular weight is 317 g/mol. The minimum absolute atomic E-state index is 0.151. The Labute approximate surface area is 136 Å². The van der Waals surface area contributed by atoms with Gasteiger partial charge in [-0.05, 0) is 37.8 Å². The molecule has 3 rings (SSSR count). The summed E-state index contributed by atoms with van der Waals surface area (Å²) in [5, 5.41) is 5.62. The zero-order chi connectivity index (χ0) is 16.2. The van der Waals surface area contributed by atoms with E-state index in [1.54, 1.807) is 18.2 Å². The molecule has 2 N–H and O–H groups in total. The molecule has 2 saturated heterocycles. The van der Waals surface area contributed by atoms with Crippen molar-refractivity contribution in [2.75, 3.05) is 11.9 Å². The minimum atomic E-state index is -0.416. The number of benzene rings is 1. The van der Waals surface area contributed by atoms with Crippen LogP contribution in [0.3, 0.4) is 0 Å². The van der Waals surface area contributed by atoms with E-state index in [1.165, 1.54) is 25.3 Å². The Kier molecular flexibility index (Phi) is 4.96. The molecule has 0 aliphatic carbocycles. The van der Waals surface area contributed by atoms with Crippen molar-refractivity contribution in [3.63, 3.8) is 0 Å². The van der Waals surface area contributed by atoms with E-state index in [0.29, 0.717) is 12.1 Å². The van der Waals surface area contributed by atoms with Crippen LogP contribution in [0.2, 0.25) is 0 Å². The lowest BCUT2D eigenvalue weighted by Crippen LogP contribution is -2.57. The van der Waals surface area contributed by atoms with Gasteiger partial charge in [0.25, 0.3) is 0 Å². The van der Waals surface area contributed by atoms with E-state index in [2.05, 4.69) is 22.1 Å². The van der Waals surface area contributed by atoms with Gasteiger partial charge in [0.2, 0.25) is 0 Å². The van der Waals surface area contributed by atoms with Gasteiger partial charge in [-0.25, -0.2) is 9.18 Å². The molecule has 5 heteroatoms. The lowest BCUT2D eigenvalue weighted by Gasteiger charge is -2.48. The van der Waals surface area contributed by atoms with E-state index in [-0.39, 0.29) is 17.8 Å². The molecule has 3 atom stereocenters. The van der Waals surface area contributed by atoms with Crippen molar-refractivity contribution in [2.24, 2.45) is 0 Å². The van der Waals surface area contributed by atoms with Gasteiger partial charge in [0, 0.05) is 24.7 Å². The normalized spacial score (nSPS) is 27.3. The predicted octanol–water partition coefficient (Wildman–Crippen LogP) is 3.52. The monoisotopic (exact) mass is 317 g/mol. The number of nitrogens with one attached hydrogen (secondary N) is 2. The molecule has 2 aliphatic heterocycles. The van der Waals surface area contributed by atoms with Gasteiger partial charge in [-0.2, -0.15) is 0 Å². The summed E-state index contributed by atoms with van der Waals surface area (Å²) in [7, 11) is 0. The van der Waals surface area contributed by atoms with E-state index in [9.17, 15) is 9.18 Å². The van der Waals surface area contributed by atoms with Gasteiger partial charge in [-0.15, -0.1) is 6.58 Å². The smallest absolute Gasteiger partial charge is 0.319 e.